The lowest BCUT2D eigenvalue weighted by Crippen LogP contribution is -2.45. The maximum Gasteiger partial charge on any atom is 0.0473 e. The molecule has 2 aromatic carbocycles. The van der Waals surface area contributed by atoms with E-state index in [0.29, 0.717) is 24.5 Å². The SMILES string of the molecule is CC1C(c2ccc(N(C)C)cc2)c2ccccc2C(CN)N1C. The number of nitrogens with zero attached hydrogens (tertiary/aromatic N) is 2. The zero-order valence-electron chi connectivity index (χ0n) is 14.5. The van der Waals surface area contributed by atoms with E-state index in [-0.39, 0.29) is 0 Å². The molecular weight excluding hydrogens is 282 g/mol. The fourth-order valence-electron chi connectivity index (χ4n) is 3.83. The minimum atomic E-state index is 0.304. The first-order valence-electron chi connectivity index (χ1n) is 8.32. The van der Waals surface area contributed by atoms with Crippen LogP contribution in [0.5, 0.6) is 0 Å². The molecular formula is C20H27N3. The van der Waals surface area contributed by atoms with E-state index in [4.69, 9.17) is 5.73 Å². The quantitative estimate of drug-likeness (QED) is 0.945. The van der Waals surface area contributed by atoms with Gasteiger partial charge in [0.2, 0.25) is 0 Å². The van der Waals surface area contributed by atoms with Crippen molar-refractivity contribution in [1.82, 2.24) is 4.90 Å². The molecule has 0 saturated heterocycles. The summed E-state index contributed by atoms with van der Waals surface area (Å²) in [6.07, 6.45) is 0. The lowest BCUT2D eigenvalue weighted by molar-refractivity contribution is 0.156. The number of hydrogen-bond acceptors (Lipinski definition) is 3. The number of fused-ring (bicyclic) bond motifs is 1. The van der Waals surface area contributed by atoms with Crippen LogP contribution in [0.25, 0.3) is 0 Å². The molecule has 3 unspecified atom stereocenters. The molecule has 0 bridgehead atoms. The van der Waals surface area contributed by atoms with E-state index in [0.717, 1.165) is 0 Å². The molecule has 1 aliphatic rings. The first-order valence-corrected chi connectivity index (χ1v) is 8.32. The highest BCUT2D eigenvalue weighted by Gasteiger charge is 2.36. The Hall–Kier alpha value is -1.84. The second kappa shape index (κ2) is 6.34. The van der Waals surface area contributed by atoms with Gasteiger partial charge in [-0.15, -0.1) is 0 Å². The third-order valence-corrected chi connectivity index (χ3v) is 5.30. The first kappa shape index (κ1) is 16.0. The number of likely N-dealkylation sites (N-methyl/N-ethyl adjacent to an activating group) is 1. The summed E-state index contributed by atoms with van der Waals surface area (Å²) in [6.45, 7) is 2.97. The van der Waals surface area contributed by atoms with Crippen molar-refractivity contribution < 1.29 is 0 Å². The van der Waals surface area contributed by atoms with E-state index >= 15 is 0 Å². The molecule has 0 fully saturated rings. The van der Waals surface area contributed by atoms with Gasteiger partial charge in [0.15, 0.2) is 0 Å². The van der Waals surface area contributed by atoms with Crippen LogP contribution in [-0.4, -0.2) is 38.6 Å². The van der Waals surface area contributed by atoms with E-state index in [1.165, 1.54) is 22.4 Å². The van der Waals surface area contributed by atoms with Crippen LogP contribution in [0.15, 0.2) is 48.5 Å². The van der Waals surface area contributed by atoms with Crippen LogP contribution < -0.4 is 10.6 Å². The van der Waals surface area contributed by atoms with Gasteiger partial charge >= 0.3 is 0 Å². The molecule has 0 aromatic heterocycles. The van der Waals surface area contributed by atoms with Crippen LogP contribution in [0.2, 0.25) is 0 Å². The second-order valence-corrected chi connectivity index (χ2v) is 6.75. The van der Waals surface area contributed by atoms with Crippen molar-refractivity contribution in [2.24, 2.45) is 5.73 Å². The van der Waals surface area contributed by atoms with Crippen LogP contribution in [-0.2, 0) is 0 Å². The van der Waals surface area contributed by atoms with Crippen molar-refractivity contribution >= 4 is 5.69 Å². The topological polar surface area (TPSA) is 32.5 Å². The number of hydrogen-bond donors (Lipinski definition) is 1. The normalized spacial score (nSPS) is 24.3. The molecule has 122 valence electrons. The summed E-state index contributed by atoms with van der Waals surface area (Å²) in [7, 11) is 6.35. The highest BCUT2D eigenvalue weighted by molar-refractivity contribution is 5.50. The summed E-state index contributed by atoms with van der Waals surface area (Å²) in [4.78, 5) is 4.56. The maximum absolute atomic E-state index is 6.06. The molecule has 23 heavy (non-hydrogen) atoms. The lowest BCUT2D eigenvalue weighted by Gasteiger charge is -2.44. The molecule has 0 radical (unpaired) electrons. The first-order chi connectivity index (χ1) is 11.0. The van der Waals surface area contributed by atoms with Gasteiger partial charge in [-0.1, -0.05) is 36.4 Å². The summed E-state index contributed by atoms with van der Waals surface area (Å²) in [5, 5.41) is 0. The Morgan fingerprint density at radius 3 is 2.17 bits per heavy atom. The summed E-state index contributed by atoms with van der Waals surface area (Å²) in [6, 6.07) is 18.4. The van der Waals surface area contributed by atoms with Gasteiger partial charge in [-0.25, -0.2) is 0 Å². The molecule has 1 aliphatic heterocycles. The van der Waals surface area contributed by atoms with Gasteiger partial charge in [0, 0.05) is 44.3 Å². The highest BCUT2D eigenvalue weighted by atomic mass is 15.2. The Balaban J connectivity index is 2.07. The largest absolute Gasteiger partial charge is 0.378 e. The predicted octanol–water partition coefficient (Wildman–Crippen LogP) is 3.22. The Kier molecular flexibility index (Phi) is 4.42. The maximum atomic E-state index is 6.06. The van der Waals surface area contributed by atoms with E-state index in [9.17, 15) is 0 Å². The van der Waals surface area contributed by atoms with Crippen molar-refractivity contribution in [3.05, 3.63) is 65.2 Å². The van der Waals surface area contributed by atoms with Gasteiger partial charge in [0.05, 0.1) is 0 Å². The number of benzene rings is 2. The molecule has 2 N–H and O–H groups in total. The van der Waals surface area contributed by atoms with Gasteiger partial charge in [-0.3, -0.25) is 4.90 Å². The average molecular weight is 309 g/mol. The fraction of sp³-hybridized carbons (Fsp3) is 0.400. The van der Waals surface area contributed by atoms with E-state index in [2.05, 4.69) is 86.4 Å². The average Bonchev–Trinajstić information content (AvgIpc) is 2.56. The molecule has 2 aromatic rings. The molecule has 3 atom stereocenters. The van der Waals surface area contributed by atoms with Crippen LogP contribution in [0, 0.1) is 0 Å². The zero-order chi connectivity index (χ0) is 16.6. The number of anilines is 1. The summed E-state index contributed by atoms with van der Waals surface area (Å²) in [5.74, 6) is 0.384. The molecule has 3 heteroatoms. The summed E-state index contributed by atoms with van der Waals surface area (Å²) < 4.78 is 0. The second-order valence-electron chi connectivity index (χ2n) is 6.75. The van der Waals surface area contributed by atoms with Crippen molar-refractivity contribution in [2.75, 3.05) is 32.6 Å². The van der Waals surface area contributed by atoms with Crippen LogP contribution in [0.1, 0.15) is 35.6 Å². The van der Waals surface area contributed by atoms with Gasteiger partial charge < -0.3 is 10.6 Å². The minimum absolute atomic E-state index is 0.304. The monoisotopic (exact) mass is 309 g/mol. The Bertz CT molecular complexity index is 663. The van der Waals surface area contributed by atoms with Gasteiger partial charge in [0.25, 0.3) is 0 Å². The third-order valence-electron chi connectivity index (χ3n) is 5.30. The Labute approximate surface area is 139 Å². The standard InChI is InChI=1S/C20H27N3/c1-14-20(15-9-11-16(12-10-15)22(2)3)18-8-6-5-7-17(18)19(13-21)23(14)4/h5-12,14,19-20H,13,21H2,1-4H3. The van der Waals surface area contributed by atoms with Gasteiger partial charge in [-0.2, -0.15) is 0 Å². The van der Waals surface area contributed by atoms with Gasteiger partial charge in [0.1, 0.15) is 0 Å². The van der Waals surface area contributed by atoms with E-state index in [1.54, 1.807) is 0 Å². The van der Waals surface area contributed by atoms with Crippen molar-refractivity contribution in [3.63, 3.8) is 0 Å². The van der Waals surface area contributed by atoms with Crippen molar-refractivity contribution in [2.45, 2.75) is 24.9 Å². The third kappa shape index (κ3) is 2.75. The molecule has 0 amide bonds. The van der Waals surface area contributed by atoms with Gasteiger partial charge in [-0.05, 0) is 42.8 Å². The highest BCUT2D eigenvalue weighted by Crippen LogP contribution is 2.42. The number of rotatable bonds is 3. The summed E-state index contributed by atoms with van der Waals surface area (Å²) >= 11 is 0. The van der Waals surface area contributed by atoms with Crippen molar-refractivity contribution in [3.8, 4) is 0 Å². The molecule has 3 nitrogen and oxygen atoms in total. The molecule has 0 saturated carbocycles. The van der Waals surface area contributed by atoms with Crippen LogP contribution >= 0.6 is 0 Å². The molecule has 3 rings (SSSR count). The van der Waals surface area contributed by atoms with Crippen LogP contribution in [0.3, 0.4) is 0 Å². The van der Waals surface area contributed by atoms with E-state index < -0.39 is 0 Å². The summed E-state index contributed by atoms with van der Waals surface area (Å²) in [5.41, 5.74) is 11.5. The Morgan fingerprint density at radius 2 is 1.61 bits per heavy atom. The molecule has 1 heterocycles. The minimum Gasteiger partial charge on any atom is -0.378 e. The zero-order valence-corrected chi connectivity index (χ0v) is 14.5. The molecule has 0 aliphatic carbocycles. The fourth-order valence-corrected chi connectivity index (χ4v) is 3.83. The number of nitrogens with two attached hydrogens (primary N) is 1. The van der Waals surface area contributed by atoms with Crippen LogP contribution in [0.4, 0.5) is 5.69 Å². The predicted molar refractivity (Wildman–Crippen MR) is 98.1 cm³/mol. The lowest BCUT2D eigenvalue weighted by atomic mass is 9.77. The smallest absolute Gasteiger partial charge is 0.0473 e. The molecule has 0 spiro atoms. The van der Waals surface area contributed by atoms with E-state index in [1.807, 2.05) is 0 Å². The van der Waals surface area contributed by atoms with Crippen molar-refractivity contribution in [1.29, 1.82) is 0 Å². The Morgan fingerprint density at radius 1 is 1.00 bits per heavy atom.